The number of carbonyl (C=O) groups excluding carboxylic acids is 1. The van der Waals surface area contributed by atoms with E-state index < -0.39 is 0 Å². The van der Waals surface area contributed by atoms with Crippen LogP contribution >= 0.6 is 11.3 Å². The van der Waals surface area contributed by atoms with Gasteiger partial charge in [0.25, 0.3) is 5.91 Å². The van der Waals surface area contributed by atoms with Crippen LogP contribution in [0.25, 0.3) is 0 Å². The van der Waals surface area contributed by atoms with Crippen molar-refractivity contribution in [3.63, 3.8) is 0 Å². The Bertz CT molecular complexity index is 554. The average Bonchev–Trinajstić information content (AvgIpc) is 2.99. The lowest BCUT2D eigenvalue weighted by Crippen LogP contribution is -2.27. The van der Waals surface area contributed by atoms with Gasteiger partial charge in [0, 0.05) is 23.2 Å². The zero-order valence-corrected chi connectivity index (χ0v) is 12.5. The van der Waals surface area contributed by atoms with Crippen molar-refractivity contribution in [2.75, 3.05) is 11.9 Å². The number of hydrogen-bond acceptors (Lipinski definition) is 4. The van der Waals surface area contributed by atoms with Crippen LogP contribution in [0.4, 0.5) is 5.82 Å². The fourth-order valence-corrected chi connectivity index (χ4v) is 2.82. The molecule has 1 amide bonds. The molecule has 4 nitrogen and oxygen atoms in total. The van der Waals surface area contributed by atoms with Gasteiger partial charge in [0.05, 0.1) is 6.04 Å². The highest BCUT2D eigenvalue weighted by Crippen LogP contribution is 2.22. The molecule has 20 heavy (non-hydrogen) atoms. The molecule has 1 unspecified atom stereocenters. The van der Waals surface area contributed by atoms with Gasteiger partial charge < -0.3 is 10.6 Å². The van der Waals surface area contributed by atoms with E-state index in [9.17, 15) is 4.79 Å². The quantitative estimate of drug-likeness (QED) is 0.856. The molecule has 0 aliphatic carbocycles. The molecule has 0 saturated heterocycles. The molecule has 2 aromatic heterocycles. The van der Waals surface area contributed by atoms with Crippen LogP contribution in [-0.2, 0) is 0 Å². The molecule has 0 aliphatic heterocycles. The van der Waals surface area contributed by atoms with E-state index in [4.69, 9.17) is 0 Å². The van der Waals surface area contributed by atoms with Gasteiger partial charge in [-0.2, -0.15) is 0 Å². The summed E-state index contributed by atoms with van der Waals surface area (Å²) in [4.78, 5) is 17.7. The van der Waals surface area contributed by atoms with Gasteiger partial charge in [0.2, 0.25) is 0 Å². The van der Waals surface area contributed by atoms with Crippen LogP contribution in [0.2, 0.25) is 0 Å². The van der Waals surface area contributed by atoms with Crippen molar-refractivity contribution in [3.8, 4) is 0 Å². The van der Waals surface area contributed by atoms with Gasteiger partial charge in [-0.3, -0.25) is 4.79 Å². The fourth-order valence-electron chi connectivity index (χ4n) is 1.96. The van der Waals surface area contributed by atoms with Crippen LogP contribution in [0.5, 0.6) is 0 Å². The van der Waals surface area contributed by atoms with Crippen LogP contribution in [0.15, 0.2) is 35.8 Å². The maximum atomic E-state index is 12.3. The van der Waals surface area contributed by atoms with Crippen LogP contribution in [0.1, 0.15) is 41.5 Å². The lowest BCUT2D eigenvalue weighted by molar-refractivity contribution is 0.0936. The lowest BCUT2D eigenvalue weighted by Gasteiger charge is -2.15. The summed E-state index contributed by atoms with van der Waals surface area (Å²) in [6.07, 6.45) is 2.52. The third kappa shape index (κ3) is 3.57. The predicted octanol–water partition coefficient (Wildman–Crippen LogP) is 3.46. The largest absolute Gasteiger partial charge is 0.370 e. The summed E-state index contributed by atoms with van der Waals surface area (Å²) in [5.41, 5.74) is 0.631. The Balaban J connectivity index is 2.09. The number of nitrogens with one attached hydrogen (secondary N) is 2. The van der Waals surface area contributed by atoms with Crippen molar-refractivity contribution < 1.29 is 4.79 Å². The Labute approximate surface area is 123 Å². The first-order chi connectivity index (χ1) is 9.74. The molecule has 0 spiro atoms. The Morgan fingerprint density at radius 1 is 1.40 bits per heavy atom. The minimum atomic E-state index is -0.0631. The molecule has 2 N–H and O–H groups in total. The number of nitrogens with zero attached hydrogens (tertiary/aromatic N) is 1. The predicted molar refractivity (Wildman–Crippen MR) is 83.2 cm³/mol. The maximum Gasteiger partial charge on any atom is 0.251 e. The van der Waals surface area contributed by atoms with Gasteiger partial charge in [0.15, 0.2) is 0 Å². The number of carbonyl (C=O) groups is 1. The second kappa shape index (κ2) is 7.05. The summed E-state index contributed by atoms with van der Waals surface area (Å²) in [6.45, 7) is 4.85. The zero-order valence-electron chi connectivity index (χ0n) is 11.7. The maximum absolute atomic E-state index is 12.3. The summed E-state index contributed by atoms with van der Waals surface area (Å²) in [5.74, 6) is 0.663. The van der Waals surface area contributed by atoms with Crippen molar-refractivity contribution >= 4 is 23.1 Å². The molecule has 106 valence electrons. The molecule has 0 radical (unpaired) electrons. The molecule has 5 heteroatoms. The van der Waals surface area contributed by atoms with Gasteiger partial charge in [0.1, 0.15) is 5.82 Å². The summed E-state index contributed by atoms with van der Waals surface area (Å²) in [7, 11) is 0. The topological polar surface area (TPSA) is 54.0 Å². The Morgan fingerprint density at radius 3 is 2.90 bits per heavy atom. The van der Waals surface area contributed by atoms with E-state index in [0.29, 0.717) is 5.56 Å². The van der Waals surface area contributed by atoms with Gasteiger partial charge in [-0.15, -0.1) is 11.3 Å². The molecule has 0 aromatic carbocycles. The Morgan fingerprint density at radius 2 is 2.25 bits per heavy atom. The van der Waals surface area contributed by atoms with E-state index in [-0.39, 0.29) is 11.9 Å². The molecule has 0 bridgehead atoms. The first-order valence-corrected chi connectivity index (χ1v) is 7.66. The number of pyridine rings is 1. The minimum absolute atomic E-state index is 0.0631. The lowest BCUT2D eigenvalue weighted by atomic mass is 10.1. The van der Waals surface area contributed by atoms with E-state index in [1.54, 1.807) is 29.7 Å². The highest BCUT2D eigenvalue weighted by molar-refractivity contribution is 7.10. The number of rotatable bonds is 6. The molecular formula is C15H19N3OS. The van der Waals surface area contributed by atoms with Crippen molar-refractivity contribution in [3.05, 3.63) is 46.3 Å². The van der Waals surface area contributed by atoms with Gasteiger partial charge in [-0.1, -0.05) is 13.0 Å². The Hall–Kier alpha value is -1.88. The van der Waals surface area contributed by atoms with Gasteiger partial charge in [-0.05, 0) is 36.9 Å². The smallest absolute Gasteiger partial charge is 0.251 e. The second-order valence-corrected chi connectivity index (χ2v) is 5.39. The monoisotopic (exact) mass is 289 g/mol. The molecular weight excluding hydrogens is 270 g/mol. The van der Waals surface area contributed by atoms with Gasteiger partial charge in [-0.25, -0.2) is 4.98 Å². The summed E-state index contributed by atoms with van der Waals surface area (Å²) >= 11 is 1.66. The molecule has 2 heterocycles. The van der Waals surface area contributed by atoms with Crippen LogP contribution in [0.3, 0.4) is 0 Å². The van der Waals surface area contributed by atoms with Crippen LogP contribution < -0.4 is 10.6 Å². The second-order valence-electron chi connectivity index (χ2n) is 4.41. The highest BCUT2D eigenvalue weighted by atomic mass is 32.1. The van der Waals surface area contributed by atoms with E-state index in [0.717, 1.165) is 18.8 Å². The van der Waals surface area contributed by atoms with E-state index in [1.807, 2.05) is 18.4 Å². The van der Waals surface area contributed by atoms with Crippen LogP contribution in [0, 0.1) is 0 Å². The zero-order chi connectivity index (χ0) is 14.4. The van der Waals surface area contributed by atoms with Crippen molar-refractivity contribution in [2.45, 2.75) is 26.3 Å². The van der Waals surface area contributed by atoms with Crippen LogP contribution in [-0.4, -0.2) is 17.4 Å². The molecule has 2 aromatic rings. The number of anilines is 1. The average molecular weight is 289 g/mol. The number of amides is 1. The normalized spacial score (nSPS) is 11.9. The summed E-state index contributed by atoms with van der Waals surface area (Å²) < 4.78 is 0. The molecule has 0 saturated carbocycles. The highest BCUT2D eigenvalue weighted by Gasteiger charge is 2.15. The summed E-state index contributed by atoms with van der Waals surface area (Å²) in [5, 5.41) is 8.21. The molecule has 2 rings (SSSR count). The van der Waals surface area contributed by atoms with Crippen molar-refractivity contribution in [2.24, 2.45) is 0 Å². The van der Waals surface area contributed by atoms with E-state index in [2.05, 4.69) is 28.6 Å². The Kier molecular flexibility index (Phi) is 5.12. The first-order valence-electron chi connectivity index (χ1n) is 6.78. The first kappa shape index (κ1) is 14.5. The molecule has 0 aliphatic rings. The minimum Gasteiger partial charge on any atom is -0.370 e. The van der Waals surface area contributed by atoms with Crippen molar-refractivity contribution in [1.29, 1.82) is 0 Å². The van der Waals surface area contributed by atoms with Crippen molar-refractivity contribution in [1.82, 2.24) is 10.3 Å². The number of aromatic nitrogens is 1. The number of hydrogen-bond donors (Lipinski definition) is 2. The molecule has 1 atom stereocenters. The molecule has 0 fully saturated rings. The number of thiophene rings is 1. The third-order valence-electron chi connectivity index (χ3n) is 2.98. The standard InChI is InChI=1S/C15H19N3OS/c1-3-12(13-6-5-9-20-13)18-15(19)11-7-8-17-14(10-11)16-4-2/h5-10,12H,3-4H2,1-2H3,(H,16,17)(H,18,19). The van der Waals surface area contributed by atoms with E-state index >= 15 is 0 Å². The van der Waals surface area contributed by atoms with Gasteiger partial charge >= 0.3 is 0 Å². The summed E-state index contributed by atoms with van der Waals surface area (Å²) in [6, 6.07) is 7.63. The fraction of sp³-hybridized carbons (Fsp3) is 0.333. The van der Waals surface area contributed by atoms with E-state index in [1.165, 1.54) is 4.88 Å². The third-order valence-corrected chi connectivity index (χ3v) is 3.97. The SMILES string of the molecule is CCNc1cc(C(=O)NC(CC)c2cccs2)ccn1.